The minimum absolute atomic E-state index is 0.00883. The van der Waals surface area contributed by atoms with Crippen LogP contribution in [0.3, 0.4) is 0 Å². The Hall–Kier alpha value is -2.97. The second-order valence-electron chi connectivity index (χ2n) is 9.94. The van der Waals surface area contributed by atoms with Crippen molar-refractivity contribution in [3.63, 3.8) is 0 Å². The lowest BCUT2D eigenvalue weighted by molar-refractivity contribution is 0.0963. The van der Waals surface area contributed by atoms with Gasteiger partial charge in [-0.1, -0.05) is 48.0 Å². The molecule has 0 bridgehead atoms. The minimum Gasteiger partial charge on any atom is -0.488 e. The summed E-state index contributed by atoms with van der Waals surface area (Å²) in [6.45, 7) is 1.19. The zero-order valence-corrected chi connectivity index (χ0v) is 23.3. The third kappa shape index (κ3) is 7.17. The average molecular weight is 554 g/mol. The molecule has 1 aliphatic carbocycles. The van der Waals surface area contributed by atoms with Crippen LogP contribution in [0.4, 0.5) is 4.39 Å². The van der Waals surface area contributed by atoms with Crippen LogP contribution < -0.4 is 21.1 Å². The fraction of sp³-hybridized carbons (Fsp3) is 0.387. The molecule has 0 aliphatic heterocycles. The second-order valence-corrected chi connectivity index (χ2v) is 10.4. The van der Waals surface area contributed by atoms with Crippen molar-refractivity contribution in [2.24, 2.45) is 5.73 Å². The summed E-state index contributed by atoms with van der Waals surface area (Å²) in [6, 6.07) is 19.6. The molecule has 0 spiro atoms. The Bertz CT molecular complexity index is 1250. The van der Waals surface area contributed by atoms with Gasteiger partial charge in [-0.2, -0.15) is 0 Å². The van der Waals surface area contributed by atoms with Crippen molar-refractivity contribution in [3.05, 3.63) is 88.2 Å². The molecule has 1 unspecified atom stereocenters. The fourth-order valence-electron chi connectivity index (χ4n) is 5.16. The van der Waals surface area contributed by atoms with Gasteiger partial charge in [-0.25, -0.2) is 4.39 Å². The number of hydrogen-bond donors (Lipinski definition) is 3. The largest absolute Gasteiger partial charge is 0.488 e. The highest BCUT2D eigenvalue weighted by atomic mass is 35.5. The van der Waals surface area contributed by atoms with Gasteiger partial charge >= 0.3 is 0 Å². The molecule has 1 atom stereocenters. The number of halogens is 2. The molecule has 0 aromatic heterocycles. The highest BCUT2D eigenvalue weighted by molar-refractivity contribution is 6.33. The van der Waals surface area contributed by atoms with Gasteiger partial charge in [-0.15, -0.1) is 0 Å². The van der Waals surface area contributed by atoms with E-state index in [4.69, 9.17) is 26.8 Å². The molecule has 4 N–H and O–H groups in total. The molecule has 0 radical (unpaired) electrons. The Morgan fingerprint density at radius 2 is 1.79 bits per heavy atom. The summed E-state index contributed by atoms with van der Waals surface area (Å²) in [7, 11) is 3.06. The van der Waals surface area contributed by atoms with Crippen LogP contribution in [0.25, 0.3) is 11.1 Å². The van der Waals surface area contributed by atoms with Crippen molar-refractivity contribution in [2.45, 2.75) is 43.7 Å². The Morgan fingerprint density at radius 1 is 1.05 bits per heavy atom. The van der Waals surface area contributed by atoms with Gasteiger partial charge in [-0.3, -0.25) is 4.79 Å². The predicted octanol–water partition coefficient (Wildman–Crippen LogP) is 5.52. The number of ether oxygens (including phenoxy) is 2. The van der Waals surface area contributed by atoms with Crippen molar-refractivity contribution < 1.29 is 18.7 Å². The maximum Gasteiger partial charge on any atom is 0.251 e. The van der Waals surface area contributed by atoms with Crippen LogP contribution in [-0.4, -0.2) is 51.9 Å². The fourth-order valence-corrected chi connectivity index (χ4v) is 5.38. The first kappa shape index (κ1) is 29.0. The van der Waals surface area contributed by atoms with Crippen LogP contribution in [0.2, 0.25) is 5.02 Å². The van der Waals surface area contributed by atoms with Gasteiger partial charge in [-0.05, 0) is 61.1 Å². The zero-order chi connectivity index (χ0) is 27.8. The van der Waals surface area contributed by atoms with Gasteiger partial charge in [0, 0.05) is 54.9 Å². The summed E-state index contributed by atoms with van der Waals surface area (Å²) < 4.78 is 26.6. The standard InChI is InChI=1S/C31H37ClFN3O3/c1-35-31(37)24-13-15-28(39-17-16-38-2)30(33)29(24)25-18-21(8-14-27(25)32)26(20-6-4-3-5-7-20)19-36-23-11-9-22(34)10-12-23/h3-8,13-15,18,22-23,26,36H,9-12,16-17,19,34H2,1-2H3,(H,35,37). The monoisotopic (exact) mass is 553 g/mol. The predicted molar refractivity (Wildman–Crippen MR) is 154 cm³/mol. The van der Waals surface area contributed by atoms with E-state index in [1.165, 1.54) is 13.1 Å². The van der Waals surface area contributed by atoms with Crippen molar-refractivity contribution in [3.8, 4) is 16.9 Å². The second kappa shape index (κ2) is 13.9. The number of hydrogen-bond acceptors (Lipinski definition) is 5. The van der Waals surface area contributed by atoms with E-state index >= 15 is 4.39 Å². The summed E-state index contributed by atoms with van der Waals surface area (Å²) >= 11 is 6.68. The Morgan fingerprint density at radius 3 is 2.49 bits per heavy atom. The van der Waals surface area contributed by atoms with Crippen LogP contribution in [-0.2, 0) is 4.74 Å². The number of carbonyl (C=O) groups is 1. The van der Waals surface area contributed by atoms with E-state index < -0.39 is 11.7 Å². The van der Waals surface area contributed by atoms with Gasteiger partial charge in [0.2, 0.25) is 0 Å². The quantitative estimate of drug-likeness (QED) is 0.272. The van der Waals surface area contributed by atoms with E-state index in [9.17, 15) is 4.79 Å². The molecule has 1 aliphatic rings. The number of nitrogens with two attached hydrogens (primary N) is 1. The SMILES string of the molecule is CNC(=O)c1ccc(OCCOC)c(F)c1-c1cc(C(CNC2CCC(N)CC2)c2ccccc2)ccc1Cl. The van der Waals surface area contributed by atoms with E-state index in [1.807, 2.05) is 30.3 Å². The highest BCUT2D eigenvalue weighted by Crippen LogP contribution is 2.39. The molecule has 1 amide bonds. The normalized spacial score (nSPS) is 18.0. The number of amides is 1. The molecule has 8 heteroatoms. The van der Waals surface area contributed by atoms with Crippen molar-refractivity contribution in [1.29, 1.82) is 0 Å². The summed E-state index contributed by atoms with van der Waals surface area (Å²) in [5, 5.41) is 6.69. The molecular formula is C31H37ClFN3O3. The maximum absolute atomic E-state index is 16.0. The summed E-state index contributed by atoms with van der Waals surface area (Å²) in [5.41, 5.74) is 8.93. The molecule has 6 nitrogen and oxygen atoms in total. The van der Waals surface area contributed by atoms with E-state index in [0.717, 1.165) is 36.8 Å². The Kier molecular flexibility index (Phi) is 10.3. The maximum atomic E-state index is 16.0. The van der Waals surface area contributed by atoms with Gasteiger partial charge < -0.3 is 25.8 Å². The average Bonchev–Trinajstić information content (AvgIpc) is 2.96. The third-order valence-electron chi connectivity index (χ3n) is 7.37. The minimum atomic E-state index is -0.640. The van der Waals surface area contributed by atoms with E-state index in [-0.39, 0.29) is 35.4 Å². The topological polar surface area (TPSA) is 85.6 Å². The number of nitrogens with one attached hydrogen (secondary N) is 2. The van der Waals surface area contributed by atoms with Gasteiger partial charge in [0.1, 0.15) is 6.61 Å². The van der Waals surface area contributed by atoms with Crippen LogP contribution in [0.15, 0.2) is 60.7 Å². The molecule has 39 heavy (non-hydrogen) atoms. The van der Waals surface area contributed by atoms with Gasteiger partial charge in [0.15, 0.2) is 11.6 Å². The van der Waals surface area contributed by atoms with Crippen LogP contribution in [0.5, 0.6) is 5.75 Å². The van der Waals surface area contributed by atoms with Crippen LogP contribution >= 0.6 is 11.6 Å². The lowest BCUT2D eigenvalue weighted by Gasteiger charge is -2.29. The van der Waals surface area contributed by atoms with E-state index in [1.54, 1.807) is 19.2 Å². The summed E-state index contributed by atoms with van der Waals surface area (Å²) in [6.07, 6.45) is 4.13. The molecule has 208 valence electrons. The molecule has 1 fully saturated rings. The first-order valence-corrected chi connectivity index (χ1v) is 13.8. The first-order chi connectivity index (χ1) is 18.9. The smallest absolute Gasteiger partial charge is 0.251 e. The van der Waals surface area contributed by atoms with Crippen LogP contribution in [0, 0.1) is 5.82 Å². The Labute approximate surface area is 235 Å². The molecule has 0 saturated heterocycles. The molecule has 1 saturated carbocycles. The van der Waals surface area contributed by atoms with Gasteiger partial charge in [0.25, 0.3) is 5.91 Å². The first-order valence-electron chi connectivity index (χ1n) is 13.4. The molecule has 3 aromatic rings. The number of benzene rings is 3. The molecule has 0 heterocycles. The number of methoxy groups -OCH3 is 1. The lowest BCUT2D eigenvalue weighted by Crippen LogP contribution is -2.39. The number of rotatable bonds is 11. The van der Waals surface area contributed by atoms with E-state index in [2.05, 4.69) is 22.8 Å². The zero-order valence-electron chi connectivity index (χ0n) is 22.5. The van der Waals surface area contributed by atoms with Crippen molar-refractivity contribution >= 4 is 17.5 Å². The number of carbonyl (C=O) groups excluding carboxylic acids is 1. The van der Waals surface area contributed by atoms with Crippen molar-refractivity contribution in [1.82, 2.24) is 10.6 Å². The lowest BCUT2D eigenvalue weighted by atomic mass is 9.87. The van der Waals surface area contributed by atoms with Crippen LogP contribution in [0.1, 0.15) is 53.1 Å². The molecule has 4 rings (SSSR count). The molecule has 3 aromatic carbocycles. The van der Waals surface area contributed by atoms with Gasteiger partial charge in [0.05, 0.1) is 12.2 Å². The third-order valence-corrected chi connectivity index (χ3v) is 7.70. The van der Waals surface area contributed by atoms with E-state index in [0.29, 0.717) is 29.8 Å². The summed E-state index contributed by atoms with van der Waals surface area (Å²) in [4.78, 5) is 12.8. The highest BCUT2D eigenvalue weighted by Gasteiger charge is 2.25. The Balaban J connectivity index is 1.74. The van der Waals surface area contributed by atoms with Crippen molar-refractivity contribution in [2.75, 3.05) is 33.9 Å². The molecular weight excluding hydrogens is 517 g/mol. The summed E-state index contributed by atoms with van der Waals surface area (Å²) in [5.74, 6) is -1.02.